The number of carbonyl (C=O) groups is 3. The summed E-state index contributed by atoms with van der Waals surface area (Å²) in [5.74, 6) is -1.16. The molecule has 1 aromatic rings. The number of thioether (sulfide) groups is 1. The predicted octanol–water partition coefficient (Wildman–Crippen LogP) is 3.89. The maximum atomic E-state index is 11.5. The van der Waals surface area contributed by atoms with Crippen molar-refractivity contribution in [3.05, 3.63) is 54.1 Å². The van der Waals surface area contributed by atoms with E-state index in [1.54, 1.807) is 30.0 Å². The topological polar surface area (TPSA) is 80.7 Å². The van der Waals surface area contributed by atoms with Gasteiger partial charge < -0.3 is 9.84 Å². The van der Waals surface area contributed by atoms with E-state index in [2.05, 4.69) is 4.74 Å². The molecule has 0 saturated carbocycles. The van der Waals surface area contributed by atoms with Gasteiger partial charge in [-0.15, -0.1) is 11.8 Å². The number of aliphatic carboxylic acids is 1. The lowest BCUT2D eigenvalue weighted by molar-refractivity contribution is -0.137. The molecule has 0 fully saturated rings. The molecule has 0 aliphatic heterocycles. The smallest absolute Gasteiger partial charge is 0.337 e. The van der Waals surface area contributed by atoms with Crippen LogP contribution in [0.3, 0.4) is 0 Å². The molecule has 1 unspecified atom stereocenters. The normalized spacial score (nSPS) is 12.4. The minimum atomic E-state index is -0.785. The molecule has 6 heteroatoms. The van der Waals surface area contributed by atoms with Crippen LogP contribution in [0, 0.1) is 0 Å². The molecule has 1 rings (SSSR count). The summed E-state index contributed by atoms with van der Waals surface area (Å²) in [5.41, 5.74) is 0.495. The van der Waals surface area contributed by atoms with Crippen molar-refractivity contribution in [2.24, 2.45) is 0 Å². The van der Waals surface area contributed by atoms with Crippen LogP contribution >= 0.6 is 11.8 Å². The number of carboxylic acid groups (broad SMARTS) is 1. The number of rotatable bonds is 11. The zero-order valence-electron chi connectivity index (χ0n) is 14.1. The third-order valence-electron chi connectivity index (χ3n) is 3.32. The quantitative estimate of drug-likeness (QED) is 0.161. The van der Waals surface area contributed by atoms with Crippen molar-refractivity contribution in [1.29, 1.82) is 0 Å². The molecule has 25 heavy (non-hydrogen) atoms. The summed E-state index contributed by atoms with van der Waals surface area (Å²) in [4.78, 5) is 33.4. The van der Waals surface area contributed by atoms with E-state index in [0.29, 0.717) is 18.3 Å². The van der Waals surface area contributed by atoms with Gasteiger partial charge in [-0.25, -0.2) is 4.79 Å². The minimum absolute atomic E-state index is 0.147. The number of methoxy groups -OCH3 is 1. The third-order valence-corrected chi connectivity index (χ3v) is 4.56. The number of allylic oxidation sites excluding steroid dienone is 3. The van der Waals surface area contributed by atoms with Crippen molar-refractivity contribution < 1.29 is 24.2 Å². The van der Waals surface area contributed by atoms with E-state index in [-0.39, 0.29) is 17.6 Å². The number of aldehydes is 1. The Morgan fingerprint density at radius 1 is 1.16 bits per heavy atom. The highest BCUT2D eigenvalue weighted by Gasteiger charge is 2.09. The Morgan fingerprint density at radius 2 is 1.88 bits per heavy atom. The van der Waals surface area contributed by atoms with E-state index < -0.39 is 5.97 Å². The number of ether oxygens (including phenoxy) is 1. The van der Waals surface area contributed by atoms with Gasteiger partial charge in [-0.1, -0.05) is 24.6 Å². The van der Waals surface area contributed by atoms with Gasteiger partial charge in [-0.3, -0.25) is 9.59 Å². The molecule has 1 N–H and O–H groups in total. The maximum Gasteiger partial charge on any atom is 0.337 e. The summed E-state index contributed by atoms with van der Waals surface area (Å²) in [5, 5.41) is 8.85. The second-order valence-corrected chi connectivity index (χ2v) is 6.53. The van der Waals surface area contributed by atoms with Gasteiger partial charge in [0.15, 0.2) is 0 Å². The number of hydrogen-bond donors (Lipinski definition) is 1. The molecule has 134 valence electrons. The molecule has 0 radical (unpaired) electrons. The molecule has 0 spiro atoms. The number of carbonyl (C=O) groups excluding carboxylic acids is 2. The van der Waals surface area contributed by atoms with E-state index in [1.807, 2.05) is 24.3 Å². The maximum absolute atomic E-state index is 11.5. The average Bonchev–Trinajstić information content (AvgIpc) is 2.61. The summed E-state index contributed by atoms with van der Waals surface area (Å²) in [6.07, 6.45) is 10.0. The van der Waals surface area contributed by atoms with Crippen LogP contribution in [0.15, 0.2) is 53.5 Å². The first-order valence-electron chi connectivity index (χ1n) is 7.92. The zero-order chi connectivity index (χ0) is 18.5. The lowest BCUT2D eigenvalue weighted by atomic mass is 10.1. The second-order valence-electron chi connectivity index (χ2n) is 5.22. The van der Waals surface area contributed by atoms with Crippen LogP contribution in [0.5, 0.6) is 0 Å². The molecular formula is C19H22O5S. The van der Waals surface area contributed by atoms with Crippen molar-refractivity contribution in [3.63, 3.8) is 0 Å². The summed E-state index contributed by atoms with van der Waals surface area (Å²) in [6, 6.07) is 7.14. The van der Waals surface area contributed by atoms with Crippen LogP contribution in [0.2, 0.25) is 0 Å². The fourth-order valence-corrected chi connectivity index (χ4v) is 3.17. The molecule has 5 nitrogen and oxygen atoms in total. The van der Waals surface area contributed by atoms with E-state index in [4.69, 9.17) is 5.11 Å². The fourth-order valence-electron chi connectivity index (χ4n) is 2.08. The Morgan fingerprint density at radius 3 is 2.48 bits per heavy atom. The summed E-state index contributed by atoms with van der Waals surface area (Å²) < 4.78 is 4.68. The molecule has 0 heterocycles. The van der Waals surface area contributed by atoms with Gasteiger partial charge in [0.1, 0.15) is 6.29 Å². The van der Waals surface area contributed by atoms with Gasteiger partial charge in [0.25, 0.3) is 0 Å². The van der Waals surface area contributed by atoms with E-state index in [0.717, 1.165) is 17.7 Å². The highest BCUT2D eigenvalue weighted by Crippen LogP contribution is 2.28. The Balaban J connectivity index is 2.68. The van der Waals surface area contributed by atoms with Crippen LogP contribution in [0.4, 0.5) is 0 Å². The van der Waals surface area contributed by atoms with Crippen LogP contribution in [0.1, 0.15) is 36.0 Å². The molecule has 0 bridgehead atoms. The largest absolute Gasteiger partial charge is 0.481 e. The van der Waals surface area contributed by atoms with Crippen LogP contribution < -0.4 is 0 Å². The lowest BCUT2D eigenvalue weighted by Gasteiger charge is -2.12. The number of benzene rings is 1. The first-order valence-corrected chi connectivity index (χ1v) is 8.80. The lowest BCUT2D eigenvalue weighted by Crippen LogP contribution is -2.02. The van der Waals surface area contributed by atoms with Crippen molar-refractivity contribution in [2.45, 2.75) is 35.8 Å². The van der Waals surface area contributed by atoms with Crippen LogP contribution in [-0.2, 0) is 14.3 Å². The molecule has 0 aliphatic carbocycles. The van der Waals surface area contributed by atoms with Crippen molar-refractivity contribution in [1.82, 2.24) is 0 Å². The van der Waals surface area contributed by atoms with Gasteiger partial charge in [0, 0.05) is 16.6 Å². The average molecular weight is 362 g/mol. The van der Waals surface area contributed by atoms with Crippen molar-refractivity contribution in [2.75, 3.05) is 7.11 Å². The Kier molecular flexibility index (Phi) is 10.0. The highest BCUT2D eigenvalue weighted by atomic mass is 32.2. The van der Waals surface area contributed by atoms with E-state index >= 15 is 0 Å². The fraction of sp³-hybridized carbons (Fsp3) is 0.316. The van der Waals surface area contributed by atoms with Gasteiger partial charge in [0.05, 0.1) is 12.7 Å². The number of esters is 1. The second kappa shape index (κ2) is 12.1. The van der Waals surface area contributed by atoms with Gasteiger partial charge in [0.2, 0.25) is 0 Å². The number of unbranched alkanes of at least 4 members (excludes halogenated alkanes) is 1. The van der Waals surface area contributed by atoms with Gasteiger partial charge in [-0.05, 0) is 43.2 Å². The first-order chi connectivity index (χ1) is 12.1. The molecule has 0 aromatic heterocycles. The molecule has 0 saturated heterocycles. The minimum Gasteiger partial charge on any atom is -0.481 e. The molecule has 0 aliphatic rings. The summed E-state index contributed by atoms with van der Waals surface area (Å²) >= 11 is 1.63. The monoisotopic (exact) mass is 362 g/mol. The third kappa shape index (κ3) is 8.91. The standard InChI is InChI=1S/C19H22O5S/c1-24-19(23)15-10-12-17(13-11-15)25-16(7-3-2-6-14-20)8-4-5-9-18(21)22/h2-3,6-7,10-14,16H,4-5,8-9H2,1H3,(H,21,22)/b6-2+,7-3+. The molecule has 1 atom stereocenters. The summed E-state index contributed by atoms with van der Waals surface area (Å²) in [6.45, 7) is 0. The zero-order valence-corrected chi connectivity index (χ0v) is 14.9. The molecule has 0 amide bonds. The Bertz CT molecular complexity index is 619. The molecule has 1 aromatic carbocycles. The van der Waals surface area contributed by atoms with Crippen LogP contribution in [-0.4, -0.2) is 35.7 Å². The predicted molar refractivity (Wildman–Crippen MR) is 97.9 cm³/mol. The van der Waals surface area contributed by atoms with Gasteiger partial charge in [-0.2, -0.15) is 0 Å². The van der Waals surface area contributed by atoms with Crippen molar-refractivity contribution in [3.8, 4) is 0 Å². The number of hydrogen-bond acceptors (Lipinski definition) is 5. The summed E-state index contributed by atoms with van der Waals surface area (Å²) in [7, 11) is 1.34. The Hall–Kier alpha value is -2.34. The van der Waals surface area contributed by atoms with Crippen LogP contribution in [0.25, 0.3) is 0 Å². The Labute approximate surface area is 151 Å². The highest BCUT2D eigenvalue weighted by molar-refractivity contribution is 8.00. The van der Waals surface area contributed by atoms with E-state index in [1.165, 1.54) is 13.2 Å². The van der Waals surface area contributed by atoms with Crippen molar-refractivity contribution >= 4 is 30.0 Å². The van der Waals surface area contributed by atoms with E-state index in [9.17, 15) is 14.4 Å². The first kappa shape index (κ1) is 20.7. The van der Waals surface area contributed by atoms with Gasteiger partial charge >= 0.3 is 11.9 Å². The SMILES string of the molecule is COC(=O)c1ccc(SC(/C=C/C=C/C=O)CCCCC(=O)O)cc1. The number of carboxylic acids is 1. The molecular weight excluding hydrogens is 340 g/mol.